The highest BCUT2D eigenvalue weighted by Gasteiger charge is 2.30. The Labute approximate surface area is 147 Å². The third kappa shape index (κ3) is 3.69. The summed E-state index contributed by atoms with van der Waals surface area (Å²) in [6.45, 7) is 3.00. The molecule has 0 amide bonds. The lowest BCUT2D eigenvalue weighted by atomic mass is 10.2. The van der Waals surface area contributed by atoms with E-state index in [0.29, 0.717) is 0 Å². The fourth-order valence-electron chi connectivity index (χ4n) is 2.31. The number of fused-ring (bicyclic) bond motifs is 1. The lowest BCUT2D eigenvalue weighted by molar-refractivity contribution is -0.145. The molecule has 0 spiro atoms. The summed E-state index contributed by atoms with van der Waals surface area (Å²) in [4.78, 5) is 34.9. The van der Waals surface area contributed by atoms with Crippen LogP contribution < -0.4 is 5.56 Å². The minimum Gasteiger partial charge on any atom is -0.465 e. The molecule has 0 saturated carbocycles. The smallest absolute Gasteiger partial charge is 0.327 e. The van der Waals surface area contributed by atoms with E-state index in [2.05, 4.69) is 20.6 Å². The minimum absolute atomic E-state index is 0.0302. The van der Waals surface area contributed by atoms with Crippen LogP contribution in [0.4, 0.5) is 0 Å². The molecule has 0 aliphatic carbocycles. The van der Waals surface area contributed by atoms with Crippen molar-refractivity contribution in [1.82, 2.24) is 30.0 Å². The van der Waals surface area contributed by atoms with E-state index in [1.54, 1.807) is 19.8 Å². The molecule has 2 aromatic rings. The zero-order valence-corrected chi connectivity index (χ0v) is 14.1. The largest absolute Gasteiger partial charge is 0.465 e. The van der Waals surface area contributed by atoms with Gasteiger partial charge in [-0.2, -0.15) is 4.68 Å². The van der Waals surface area contributed by atoms with Gasteiger partial charge in [0.1, 0.15) is 13.2 Å². The Bertz CT molecular complexity index is 876. The second-order valence-corrected chi connectivity index (χ2v) is 5.32. The first kappa shape index (κ1) is 17.9. The highest BCUT2D eigenvalue weighted by molar-refractivity contribution is 5.73. The van der Waals surface area contributed by atoms with Crippen molar-refractivity contribution in [3.8, 4) is 0 Å². The standard InChI is InChI=1S/C14H16N6O6/c1-3-24-11(22)6-19-13-12(15-17-19)14(23)20(18-16-13)10-5-4-9(26-10)7-25-8(2)21/h4-5,9-10H,3,6-7H2,1-2H3. The highest BCUT2D eigenvalue weighted by atomic mass is 16.6. The van der Waals surface area contributed by atoms with E-state index in [1.807, 2.05) is 0 Å². The van der Waals surface area contributed by atoms with Crippen molar-refractivity contribution in [1.29, 1.82) is 0 Å². The maximum atomic E-state index is 12.5. The van der Waals surface area contributed by atoms with Gasteiger partial charge in [0, 0.05) is 19.8 Å². The van der Waals surface area contributed by atoms with Crippen LogP contribution in [0.25, 0.3) is 11.2 Å². The molecule has 1 saturated heterocycles. The van der Waals surface area contributed by atoms with E-state index in [4.69, 9.17) is 14.2 Å². The van der Waals surface area contributed by atoms with Crippen molar-refractivity contribution < 1.29 is 23.8 Å². The molecule has 26 heavy (non-hydrogen) atoms. The van der Waals surface area contributed by atoms with Gasteiger partial charge in [-0.1, -0.05) is 10.4 Å². The van der Waals surface area contributed by atoms with Gasteiger partial charge < -0.3 is 14.2 Å². The number of aromatic nitrogens is 6. The maximum absolute atomic E-state index is 12.5. The van der Waals surface area contributed by atoms with E-state index in [0.717, 1.165) is 9.36 Å². The fourth-order valence-corrected chi connectivity index (χ4v) is 2.31. The highest BCUT2D eigenvalue weighted by Crippen LogP contribution is 2.24. The average Bonchev–Trinajstić information content (AvgIpc) is 3.21. The van der Waals surface area contributed by atoms with Gasteiger partial charge in [-0.05, 0) is 6.92 Å². The van der Waals surface area contributed by atoms with Gasteiger partial charge in [-0.15, -0.1) is 10.2 Å². The SMILES string of the molecule is CCOC(=O)Cn1nnc2c(=O)n(C3[CH][CH]C(COC(C)=O)O3)nnc21. The van der Waals surface area contributed by atoms with Crippen LogP contribution in [-0.4, -0.2) is 61.2 Å². The number of hydrogen-bond acceptors (Lipinski definition) is 10. The molecule has 2 radical (unpaired) electrons. The Kier molecular flexibility index (Phi) is 5.21. The topological polar surface area (TPSA) is 140 Å². The molecule has 2 unspecified atom stereocenters. The van der Waals surface area contributed by atoms with Crippen LogP contribution >= 0.6 is 0 Å². The van der Waals surface area contributed by atoms with Crippen LogP contribution in [0.5, 0.6) is 0 Å². The average molecular weight is 364 g/mol. The third-order valence-corrected chi connectivity index (χ3v) is 3.44. The molecule has 3 heterocycles. The molecule has 1 aliphatic heterocycles. The van der Waals surface area contributed by atoms with Crippen LogP contribution in [0, 0.1) is 12.8 Å². The lowest BCUT2D eigenvalue weighted by Gasteiger charge is -2.13. The van der Waals surface area contributed by atoms with E-state index >= 15 is 0 Å². The molecule has 12 heteroatoms. The van der Waals surface area contributed by atoms with E-state index < -0.39 is 29.8 Å². The van der Waals surface area contributed by atoms with Crippen molar-refractivity contribution in [2.24, 2.45) is 0 Å². The first-order valence-corrected chi connectivity index (χ1v) is 7.81. The summed E-state index contributed by atoms with van der Waals surface area (Å²) in [6.07, 6.45) is 1.95. The summed E-state index contributed by atoms with van der Waals surface area (Å²) < 4.78 is 17.4. The number of hydrogen-bond donors (Lipinski definition) is 0. The Hall–Kier alpha value is -2.89. The van der Waals surface area contributed by atoms with Crippen molar-refractivity contribution in [2.75, 3.05) is 13.2 Å². The van der Waals surface area contributed by atoms with E-state index in [9.17, 15) is 14.4 Å². The Morgan fingerprint density at radius 3 is 2.77 bits per heavy atom. The summed E-state index contributed by atoms with van der Waals surface area (Å²) in [7, 11) is 0. The summed E-state index contributed by atoms with van der Waals surface area (Å²) >= 11 is 0. The molecule has 12 nitrogen and oxygen atoms in total. The van der Waals surface area contributed by atoms with Crippen molar-refractivity contribution in [2.45, 2.75) is 32.7 Å². The van der Waals surface area contributed by atoms with Crippen LogP contribution in [0.2, 0.25) is 0 Å². The molecule has 0 N–H and O–H groups in total. The van der Waals surface area contributed by atoms with Gasteiger partial charge >= 0.3 is 17.5 Å². The van der Waals surface area contributed by atoms with Crippen molar-refractivity contribution >= 4 is 23.1 Å². The second kappa shape index (κ2) is 7.56. The monoisotopic (exact) mass is 364 g/mol. The lowest BCUT2D eigenvalue weighted by Crippen LogP contribution is -2.30. The van der Waals surface area contributed by atoms with E-state index in [-0.39, 0.29) is 30.9 Å². The van der Waals surface area contributed by atoms with Gasteiger partial charge in [0.05, 0.1) is 12.7 Å². The molecule has 1 aliphatic rings. The van der Waals surface area contributed by atoms with E-state index in [1.165, 1.54) is 6.92 Å². The molecular weight excluding hydrogens is 348 g/mol. The maximum Gasteiger partial charge on any atom is 0.327 e. The van der Waals surface area contributed by atoms with Gasteiger partial charge in [-0.25, -0.2) is 4.68 Å². The third-order valence-electron chi connectivity index (χ3n) is 3.44. The van der Waals surface area contributed by atoms with Crippen LogP contribution in [0.3, 0.4) is 0 Å². The van der Waals surface area contributed by atoms with Crippen molar-refractivity contribution in [3.05, 3.63) is 23.2 Å². The van der Waals surface area contributed by atoms with Crippen molar-refractivity contribution in [3.63, 3.8) is 0 Å². The Balaban J connectivity index is 1.77. The zero-order chi connectivity index (χ0) is 18.7. The fraction of sp³-hybridized carbons (Fsp3) is 0.500. The van der Waals surface area contributed by atoms with Crippen LogP contribution in [0.15, 0.2) is 4.79 Å². The van der Waals surface area contributed by atoms with Gasteiger partial charge in [0.2, 0.25) is 11.2 Å². The van der Waals surface area contributed by atoms with Gasteiger partial charge in [0.25, 0.3) is 0 Å². The molecule has 3 rings (SSSR count). The number of esters is 2. The quantitative estimate of drug-likeness (QED) is 0.575. The Morgan fingerprint density at radius 1 is 1.23 bits per heavy atom. The first-order chi connectivity index (χ1) is 12.5. The first-order valence-electron chi connectivity index (χ1n) is 7.81. The van der Waals surface area contributed by atoms with Crippen LogP contribution in [-0.2, 0) is 30.3 Å². The minimum atomic E-state index is -0.810. The number of rotatable bonds is 6. The molecular formula is C14H16N6O6. The summed E-state index contributed by atoms with van der Waals surface area (Å²) in [5, 5.41) is 15.2. The number of nitrogens with zero attached hydrogens (tertiary/aromatic N) is 6. The predicted octanol–water partition coefficient (Wildman–Crippen LogP) is -1.18. The molecule has 138 valence electrons. The predicted molar refractivity (Wildman–Crippen MR) is 83.2 cm³/mol. The summed E-state index contributed by atoms with van der Waals surface area (Å²) in [5.74, 6) is -0.956. The molecule has 0 bridgehead atoms. The molecule has 0 aromatic carbocycles. The number of ether oxygens (including phenoxy) is 3. The molecule has 2 atom stereocenters. The second-order valence-electron chi connectivity index (χ2n) is 5.32. The number of carbonyl (C=O) groups excluding carboxylic acids is 2. The molecule has 2 aromatic heterocycles. The van der Waals surface area contributed by atoms with Gasteiger partial charge in [-0.3, -0.25) is 14.4 Å². The summed E-state index contributed by atoms with van der Waals surface area (Å²) in [5.41, 5.74) is -0.560. The van der Waals surface area contributed by atoms with Crippen LogP contribution in [0.1, 0.15) is 20.1 Å². The molecule has 1 fully saturated rings. The Morgan fingerprint density at radius 2 is 2.04 bits per heavy atom. The zero-order valence-electron chi connectivity index (χ0n) is 14.1. The van der Waals surface area contributed by atoms with Gasteiger partial charge in [0.15, 0.2) is 6.23 Å². The normalized spacial score (nSPS) is 19.6. The summed E-state index contributed by atoms with van der Waals surface area (Å²) in [6, 6.07) is 0. The number of carbonyl (C=O) groups is 2.